The zero-order valence-electron chi connectivity index (χ0n) is 27.4. The third kappa shape index (κ3) is 5.77. The highest BCUT2D eigenvalue weighted by Crippen LogP contribution is 2.48. The number of aromatic nitrogens is 1. The summed E-state index contributed by atoms with van der Waals surface area (Å²) >= 11 is 6.67. The minimum absolute atomic E-state index is 0.161. The van der Waals surface area contributed by atoms with Crippen molar-refractivity contribution in [2.45, 2.75) is 44.4 Å². The van der Waals surface area contributed by atoms with Crippen LogP contribution in [-0.2, 0) is 9.16 Å². The molecule has 8 heteroatoms. The van der Waals surface area contributed by atoms with E-state index >= 15 is 0 Å². The molecule has 2 atom stereocenters. The Morgan fingerprint density at radius 3 is 2.13 bits per heavy atom. The van der Waals surface area contributed by atoms with Gasteiger partial charge in [-0.15, -0.1) is 0 Å². The van der Waals surface area contributed by atoms with Crippen molar-refractivity contribution in [2.24, 2.45) is 0 Å². The first kappa shape index (κ1) is 32.6. The SMILES string of the molecule is COc1cccc([C@H]2O[C@H](CCO[Si](c3ccccc3)(c3ccccc3)C(C)(C)C)c3cccn3-c3ccc(Cl)c(C#N)c32)c1OC. The second-order valence-electron chi connectivity index (χ2n) is 12.7. The summed E-state index contributed by atoms with van der Waals surface area (Å²) in [5.74, 6) is 1.12. The highest BCUT2D eigenvalue weighted by atomic mass is 35.5. The summed E-state index contributed by atoms with van der Waals surface area (Å²) in [5, 5.41) is 13.0. The molecule has 2 heterocycles. The fourth-order valence-corrected chi connectivity index (χ4v) is 11.8. The zero-order chi connectivity index (χ0) is 33.2. The highest BCUT2D eigenvalue weighted by Gasteiger charge is 2.50. The number of fused-ring (bicyclic) bond motifs is 3. The standard InChI is InChI=1S/C39H39ClN2O4Si/c1-39(2,3)47(27-14-8-6-9-15-27,28-16-10-7-11-17-28)45-25-23-34-32-19-13-24-42(32)33-22-21-31(40)30(26-41)36(33)38(46-34)29-18-12-20-35(43-4)37(29)44-5/h6-22,24,34,38H,23,25H2,1-5H3/t34-,38-/m1/s1. The van der Waals surface area contributed by atoms with Gasteiger partial charge in [-0.05, 0) is 45.7 Å². The van der Waals surface area contributed by atoms with Crippen LogP contribution in [-0.4, -0.2) is 33.7 Å². The van der Waals surface area contributed by atoms with Crippen molar-refractivity contribution in [2.75, 3.05) is 20.8 Å². The summed E-state index contributed by atoms with van der Waals surface area (Å²) in [7, 11) is 0.446. The van der Waals surface area contributed by atoms with Crippen LogP contribution in [0, 0.1) is 11.3 Å². The molecule has 1 aromatic heterocycles. The maximum atomic E-state index is 10.4. The van der Waals surface area contributed by atoms with Gasteiger partial charge < -0.3 is 23.2 Å². The van der Waals surface area contributed by atoms with Crippen molar-refractivity contribution in [3.05, 3.63) is 137 Å². The van der Waals surface area contributed by atoms with Crippen molar-refractivity contribution in [1.29, 1.82) is 5.26 Å². The van der Waals surface area contributed by atoms with E-state index in [-0.39, 0.29) is 11.1 Å². The molecule has 0 saturated carbocycles. The molecular weight excluding hydrogens is 624 g/mol. The van der Waals surface area contributed by atoms with Crippen LogP contribution in [0.15, 0.2) is 109 Å². The molecule has 240 valence electrons. The van der Waals surface area contributed by atoms with Crippen LogP contribution >= 0.6 is 11.6 Å². The lowest BCUT2D eigenvalue weighted by molar-refractivity contribution is -0.00621. The number of nitriles is 1. The van der Waals surface area contributed by atoms with Crippen molar-refractivity contribution in [3.8, 4) is 23.3 Å². The molecule has 0 unspecified atom stereocenters. The van der Waals surface area contributed by atoms with Crippen molar-refractivity contribution in [1.82, 2.24) is 4.57 Å². The summed E-state index contributed by atoms with van der Waals surface area (Å²) in [4.78, 5) is 0. The summed E-state index contributed by atoms with van der Waals surface area (Å²) < 4.78 is 28.1. The van der Waals surface area contributed by atoms with E-state index in [9.17, 15) is 5.26 Å². The predicted molar refractivity (Wildman–Crippen MR) is 189 cm³/mol. The van der Waals surface area contributed by atoms with Gasteiger partial charge in [-0.3, -0.25) is 0 Å². The third-order valence-corrected chi connectivity index (χ3v) is 14.4. The molecule has 5 aromatic rings. The molecule has 6 nitrogen and oxygen atoms in total. The highest BCUT2D eigenvalue weighted by molar-refractivity contribution is 6.99. The predicted octanol–water partition coefficient (Wildman–Crippen LogP) is 8.15. The molecule has 0 spiro atoms. The molecule has 4 aromatic carbocycles. The Morgan fingerprint density at radius 1 is 0.851 bits per heavy atom. The van der Waals surface area contributed by atoms with E-state index in [0.29, 0.717) is 40.7 Å². The largest absolute Gasteiger partial charge is 0.493 e. The van der Waals surface area contributed by atoms with E-state index in [1.54, 1.807) is 20.3 Å². The van der Waals surface area contributed by atoms with Crippen LogP contribution in [0.5, 0.6) is 11.5 Å². The van der Waals surface area contributed by atoms with Crippen LogP contribution in [0.4, 0.5) is 0 Å². The van der Waals surface area contributed by atoms with Gasteiger partial charge in [-0.2, -0.15) is 5.26 Å². The van der Waals surface area contributed by atoms with E-state index < -0.39 is 14.4 Å². The maximum Gasteiger partial charge on any atom is 0.261 e. The fourth-order valence-electron chi connectivity index (χ4n) is 6.99. The molecule has 47 heavy (non-hydrogen) atoms. The Morgan fingerprint density at radius 2 is 1.53 bits per heavy atom. The third-order valence-electron chi connectivity index (χ3n) is 9.05. The number of methoxy groups -OCH3 is 2. The normalized spacial score (nSPS) is 16.0. The van der Waals surface area contributed by atoms with Crippen LogP contribution in [0.1, 0.15) is 61.8 Å². The Bertz CT molecular complexity index is 1860. The minimum Gasteiger partial charge on any atom is -0.493 e. The van der Waals surface area contributed by atoms with Crippen LogP contribution in [0.2, 0.25) is 10.1 Å². The van der Waals surface area contributed by atoms with Gasteiger partial charge in [0.2, 0.25) is 0 Å². The summed E-state index contributed by atoms with van der Waals surface area (Å²) in [6.45, 7) is 7.29. The summed E-state index contributed by atoms with van der Waals surface area (Å²) in [6, 6.07) is 37.2. The quantitative estimate of drug-likeness (QED) is 0.149. The summed E-state index contributed by atoms with van der Waals surface area (Å²) in [6.07, 6.45) is 1.51. The Balaban J connectivity index is 1.45. The molecule has 0 bridgehead atoms. The number of benzene rings is 4. The van der Waals surface area contributed by atoms with Gasteiger partial charge in [0, 0.05) is 30.4 Å². The van der Waals surface area contributed by atoms with Crippen molar-refractivity contribution >= 4 is 30.3 Å². The van der Waals surface area contributed by atoms with Gasteiger partial charge in [0.25, 0.3) is 8.32 Å². The maximum absolute atomic E-state index is 10.4. The minimum atomic E-state index is -2.78. The molecule has 0 N–H and O–H groups in total. The molecule has 1 aliphatic rings. The van der Waals surface area contributed by atoms with Gasteiger partial charge in [-0.25, -0.2) is 0 Å². The molecule has 0 radical (unpaired) electrons. The first-order valence-corrected chi connectivity index (χ1v) is 18.0. The number of nitrogens with zero attached hydrogens (tertiary/aromatic N) is 2. The average molecular weight is 663 g/mol. The van der Waals surface area contributed by atoms with E-state index in [2.05, 4.69) is 98.1 Å². The first-order valence-electron chi connectivity index (χ1n) is 15.8. The van der Waals surface area contributed by atoms with Gasteiger partial charge in [-0.1, -0.05) is 105 Å². The van der Waals surface area contributed by atoms with Gasteiger partial charge in [0.1, 0.15) is 18.3 Å². The van der Waals surface area contributed by atoms with Crippen LogP contribution < -0.4 is 19.8 Å². The van der Waals surface area contributed by atoms with Gasteiger partial charge in [0.15, 0.2) is 11.5 Å². The lowest BCUT2D eigenvalue weighted by Gasteiger charge is -2.43. The Kier molecular flexibility index (Phi) is 9.31. The van der Waals surface area contributed by atoms with E-state index in [1.165, 1.54) is 10.4 Å². The van der Waals surface area contributed by atoms with Crippen LogP contribution in [0.3, 0.4) is 0 Å². The second kappa shape index (κ2) is 13.4. The number of ether oxygens (including phenoxy) is 3. The topological polar surface area (TPSA) is 65.6 Å². The molecule has 0 saturated heterocycles. The zero-order valence-corrected chi connectivity index (χ0v) is 29.1. The smallest absolute Gasteiger partial charge is 0.261 e. The van der Waals surface area contributed by atoms with Gasteiger partial charge >= 0.3 is 0 Å². The molecule has 0 amide bonds. The lowest BCUT2D eigenvalue weighted by Crippen LogP contribution is -2.66. The van der Waals surface area contributed by atoms with Crippen molar-refractivity contribution < 1.29 is 18.6 Å². The Hall–Kier alpha value is -4.32. The first-order chi connectivity index (χ1) is 22.7. The van der Waals surface area contributed by atoms with Gasteiger partial charge in [0.05, 0.1) is 36.2 Å². The lowest BCUT2D eigenvalue weighted by atomic mass is 9.94. The monoisotopic (exact) mass is 662 g/mol. The number of hydrogen-bond donors (Lipinski definition) is 0. The van der Waals surface area contributed by atoms with E-state index in [4.69, 9.17) is 30.2 Å². The van der Waals surface area contributed by atoms with Crippen LogP contribution in [0.25, 0.3) is 5.69 Å². The van der Waals surface area contributed by atoms with E-state index in [1.807, 2.05) is 36.5 Å². The average Bonchev–Trinajstić information content (AvgIpc) is 3.53. The van der Waals surface area contributed by atoms with E-state index in [0.717, 1.165) is 16.9 Å². The molecule has 0 fully saturated rings. The molecular formula is C39H39ClN2O4Si. The number of halogens is 1. The fraction of sp³-hybridized carbons (Fsp3) is 0.256. The number of hydrogen-bond acceptors (Lipinski definition) is 5. The number of rotatable bonds is 9. The molecule has 1 aliphatic heterocycles. The number of para-hydroxylation sites is 1. The second-order valence-corrected chi connectivity index (χ2v) is 17.4. The summed E-state index contributed by atoms with van der Waals surface area (Å²) in [5.41, 5.74) is 3.59. The molecule has 6 rings (SSSR count). The molecule has 0 aliphatic carbocycles. The van der Waals surface area contributed by atoms with Crippen molar-refractivity contribution in [3.63, 3.8) is 0 Å². The Labute approximate surface area is 283 Å².